The Bertz CT molecular complexity index is 345. The van der Waals surface area contributed by atoms with Gasteiger partial charge in [-0.05, 0) is 6.42 Å². The zero-order valence-corrected chi connectivity index (χ0v) is 8.34. The Hall–Kier alpha value is -1.03. The third kappa shape index (κ3) is 1.75. The molecule has 1 saturated heterocycles. The first-order valence-corrected chi connectivity index (χ1v) is 4.84. The highest BCUT2D eigenvalue weighted by Gasteiger charge is 2.22. The van der Waals surface area contributed by atoms with Crippen molar-refractivity contribution in [3.63, 3.8) is 0 Å². The molecular weight excluding hydrogens is 205 g/mol. The lowest BCUT2D eigenvalue weighted by molar-refractivity contribution is 0.364. The van der Waals surface area contributed by atoms with Gasteiger partial charge in [0.2, 0.25) is 0 Å². The van der Waals surface area contributed by atoms with Gasteiger partial charge in [-0.25, -0.2) is 9.37 Å². The molecule has 0 radical (unpaired) electrons. The number of pyridine rings is 1. The number of halogens is 2. The maximum atomic E-state index is 12.9. The van der Waals surface area contributed by atoms with Crippen LogP contribution in [0, 0.1) is 0 Å². The van der Waals surface area contributed by atoms with Crippen LogP contribution >= 0.6 is 11.6 Å². The number of alkyl halides is 1. The third-order valence-electron chi connectivity index (χ3n) is 2.33. The van der Waals surface area contributed by atoms with Gasteiger partial charge in [-0.1, -0.05) is 11.6 Å². The van der Waals surface area contributed by atoms with Crippen molar-refractivity contribution in [1.82, 2.24) is 4.98 Å². The van der Waals surface area contributed by atoms with E-state index in [0.29, 0.717) is 36.0 Å². The highest BCUT2D eigenvalue weighted by molar-refractivity contribution is 6.32. The highest BCUT2D eigenvalue weighted by Crippen LogP contribution is 2.25. The quantitative estimate of drug-likeness (QED) is 0.778. The summed E-state index contributed by atoms with van der Waals surface area (Å²) >= 11 is 5.74. The lowest BCUT2D eigenvalue weighted by Gasteiger charge is -2.16. The van der Waals surface area contributed by atoms with Crippen LogP contribution in [0.4, 0.5) is 15.9 Å². The van der Waals surface area contributed by atoms with Crippen molar-refractivity contribution >= 4 is 23.1 Å². The Labute approximate surface area is 86.7 Å². The molecule has 1 aliphatic rings. The van der Waals surface area contributed by atoms with Gasteiger partial charge in [0.15, 0.2) is 0 Å². The zero-order chi connectivity index (χ0) is 10.1. The lowest BCUT2D eigenvalue weighted by atomic mass is 10.3. The van der Waals surface area contributed by atoms with Gasteiger partial charge in [-0.3, -0.25) is 0 Å². The molecule has 1 unspecified atom stereocenters. The fourth-order valence-electron chi connectivity index (χ4n) is 1.54. The van der Waals surface area contributed by atoms with Gasteiger partial charge in [0.05, 0.1) is 17.3 Å². The lowest BCUT2D eigenvalue weighted by Crippen LogP contribution is -2.21. The van der Waals surface area contributed by atoms with E-state index in [4.69, 9.17) is 17.3 Å². The van der Waals surface area contributed by atoms with Gasteiger partial charge >= 0.3 is 0 Å². The second kappa shape index (κ2) is 3.61. The fourth-order valence-corrected chi connectivity index (χ4v) is 1.64. The number of aromatic nitrogens is 1. The summed E-state index contributed by atoms with van der Waals surface area (Å²) in [4.78, 5) is 5.98. The van der Waals surface area contributed by atoms with Crippen LogP contribution < -0.4 is 10.6 Å². The van der Waals surface area contributed by atoms with Crippen LogP contribution in [-0.4, -0.2) is 24.2 Å². The number of nitrogen functional groups attached to an aromatic ring is 1. The predicted octanol–water partition coefficient (Wildman–Crippen LogP) is 1.87. The van der Waals surface area contributed by atoms with Crippen LogP contribution in [0.25, 0.3) is 0 Å². The summed E-state index contributed by atoms with van der Waals surface area (Å²) in [5.74, 6) is 0.701. The normalized spacial score (nSPS) is 21.6. The Balaban J connectivity index is 2.20. The smallest absolute Gasteiger partial charge is 0.130 e. The van der Waals surface area contributed by atoms with E-state index < -0.39 is 6.17 Å². The van der Waals surface area contributed by atoms with Gasteiger partial charge in [0, 0.05) is 18.8 Å². The standard InChI is InChI=1S/C9H11ClFN3/c10-7-4-13-9(3-8(7)12)14-2-1-6(11)5-14/h3-4,6H,1-2,5H2,(H2,12,13). The molecular formula is C9H11ClFN3. The van der Waals surface area contributed by atoms with Crippen molar-refractivity contribution in [1.29, 1.82) is 0 Å². The van der Waals surface area contributed by atoms with Crippen molar-refractivity contribution in [3.05, 3.63) is 17.3 Å². The fraction of sp³-hybridized carbons (Fsp3) is 0.444. The van der Waals surface area contributed by atoms with Crippen molar-refractivity contribution in [2.75, 3.05) is 23.7 Å². The van der Waals surface area contributed by atoms with Crippen molar-refractivity contribution in [2.45, 2.75) is 12.6 Å². The van der Waals surface area contributed by atoms with E-state index in [0.717, 1.165) is 0 Å². The van der Waals surface area contributed by atoms with Crippen molar-refractivity contribution < 1.29 is 4.39 Å². The second-order valence-electron chi connectivity index (χ2n) is 3.40. The predicted molar refractivity (Wildman–Crippen MR) is 55.4 cm³/mol. The number of anilines is 2. The van der Waals surface area contributed by atoms with E-state index in [9.17, 15) is 4.39 Å². The van der Waals surface area contributed by atoms with E-state index in [1.54, 1.807) is 6.07 Å². The summed E-state index contributed by atoms with van der Waals surface area (Å²) in [6.45, 7) is 1.09. The van der Waals surface area contributed by atoms with Crippen LogP contribution in [0.15, 0.2) is 12.3 Å². The average molecular weight is 216 g/mol. The molecule has 0 amide bonds. The molecule has 0 spiro atoms. The van der Waals surface area contributed by atoms with Crippen LogP contribution in [0.5, 0.6) is 0 Å². The van der Waals surface area contributed by atoms with E-state index in [-0.39, 0.29) is 0 Å². The molecule has 0 aliphatic carbocycles. The maximum absolute atomic E-state index is 12.9. The second-order valence-corrected chi connectivity index (χ2v) is 3.80. The number of hydrogen-bond donors (Lipinski definition) is 1. The zero-order valence-electron chi connectivity index (χ0n) is 7.58. The van der Waals surface area contributed by atoms with Crippen LogP contribution in [-0.2, 0) is 0 Å². The van der Waals surface area contributed by atoms with Crippen LogP contribution in [0.3, 0.4) is 0 Å². The van der Waals surface area contributed by atoms with Gasteiger partial charge < -0.3 is 10.6 Å². The molecule has 0 saturated carbocycles. The molecule has 76 valence electrons. The van der Waals surface area contributed by atoms with E-state index in [2.05, 4.69) is 4.98 Å². The molecule has 0 aromatic carbocycles. The Morgan fingerprint density at radius 1 is 1.64 bits per heavy atom. The highest BCUT2D eigenvalue weighted by atomic mass is 35.5. The Morgan fingerprint density at radius 2 is 2.43 bits per heavy atom. The summed E-state index contributed by atoms with van der Waals surface area (Å²) in [7, 11) is 0. The summed E-state index contributed by atoms with van der Waals surface area (Å²) in [6, 6.07) is 1.68. The summed E-state index contributed by atoms with van der Waals surface area (Å²) in [6.07, 6.45) is 1.30. The number of rotatable bonds is 1. The molecule has 2 heterocycles. The molecule has 1 aliphatic heterocycles. The molecule has 1 aromatic heterocycles. The summed E-state index contributed by atoms with van der Waals surface area (Å²) in [5, 5.41) is 0.435. The first kappa shape index (κ1) is 9.52. The number of nitrogens with two attached hydrogens (primary N) is 1. The Kier molecular flexibility index (Phi) is 2.46. The summed E-state index contributed by atoms with van der Waals surface area (Å²) < 4.78 is 12.9. The maximum Gasteiger partial charge on any atom is 0.130 e. The van der Waals surface area contributed by atoms with Crippen LogP contribution in [0.2, 0.25) is 5.02 Å². The summed E-state index contributed by atoms with van der Waals surface area (Å²) in [5.41, 5.74) is 6.12. The monoisotopic (exact) mass is 215 g/mol. The molecule has 2 N–H and O–H groups in total. The molecule has 14 heavy (non-hydrogen) atoms. The number of nitrogens with zero attached hydrogens (tertiary/aromatic N) is 2. The van der Waals surface area contributed by atoms with Crippen molar-refractivity contribution in [3.8, 4) is 0 Å². The topological polar surface area (TPSA) is 42.1 Å². The number of hydrogen-bond acceptors (Lipinski definition) is 3. The minimum absolute atomic E-state index is 0.397. The molecule has 2 rings (SSSR count). The minimum atomic E-state index is -0.756. The van der Waals surface area contributed by atoms with E-state index >= 15 is 0 Å². The minimum Gasteiger partial charge on any atom is -0.397 e. The van der Waals surface area contributed by atoms with E-state index in [1.165, 1.54) is 6.20 Å². The van der Waals surface area contributed by atoms with Gasteiger partial charge in [-0.2, -0.15) is 0 Å². The third-order valence-corrected chi connectivity index (χ3v) is 2.64. The SMILES string of the molecule is Nc1cc(N2CCC(F)C2)ncc1Cl. The van der Waals surface area contributed by atoms with Gasteiger partial charge in [0.1, 0.15) is 12.0 Å². The first-order valence-electron chi connectivity index (χ1n) is 4.47. The molecule has 1 aromatic rings. The van der Waals surface area contributed by atoms with Gasteiger partial charge in [0.25, 0.3) is 0 Å². The average Bonchev–Trinajstić information content (AvgIpc) is 2.57. The van der Waals surface area contributed by atoms with Crippen LogP contribution in [0.1, 0.15) is 6.42 Å². The molecule has 3 nitrogen and oxygen atoms in total. The largest absolute Gasteiger partial charge is 0.397 e. The molecule has 1 atom stereocenters. The molecule has 1 fully saturated rings. The van der Waals surface area contributed by atoms with E-state index in [1.807, 2.05) is 4.90 Å². The Morgan fingerprint density at radius 3 is 3.00 bits per heavy atom. The van der Waals surface area contributed by atoms with Gasteiger partial charge in [-0.15, -0.1) is 0 Å². The first-order chi connectivity index (χ1) is 6.66. The molecule has 0 bridgehead atoms. The van der Waals surface area contributed by atoms with Crippen molar-refractivity contribution in [2.24, 2.45) is 0 Å². The molecule has 5 heteroatoms.